The summed E-state index contributed by atoms with van der Waals surface area (Å²) < 4.78 is 1.83. The second-order valence-electron chi connectivity index (χ2n) is 4.38. The lowest BCUT2D eigenvalue weighted by molar-refractivity contribution is 0.575. The molecule has 0 amide bonds. The van der Waals surface area contributed by atoms with Crippen LogP contribution in [0.1, 0.15) is 17.2 Å². The summed E-state index contributed by atoms with van der Waals surface area (Å²) in [7, 11) is 0. The molecule has 0 radical (unpaired) electrons. The number of aromatic nitrogens is 1. The van der Waals surface area contributed by atoms with Gasteiger partial charge in [0, 0.05) is 29.6 Å². The van der Waals surface area contributed by atoms with Crippen LogP contribution in [0.3, 0.4) is 0 Å². The summed E-state index contributed by atoms with van der Waals surface area (Å²) in [6.45, 7) is 2.68. The van der Waals surface area contributed by atoms with Gasteiger partial charge in [0.25, 0.3) is 5.56 Å². The monoisotopic (exact) mass is 305 g/mol. The third-order valence-corrected chi connectivity index (χ3v) is 3.91. The van der Waals surface area contributed by atoms with Crippen LogP contribution in [0, 0.1) is 6.92 Å². The zero-order valence-corrected chi connectivity index (χ0v) is 11.9. The summed E-state index contributed by atoms with van der Waals surface area (Å²) in [5, 5.41) is 0.845. The summed E-state index contributed by atoms with van der Waals surface area (Å²) in [5.74, 6) is 0.310. The van der Waals surface area contributed by atoms with Gasteiger partial charge in [0.2, 0.25) is 0 Å². The largest absolute Gasteiger partial charge is 0.312 e. The van der Waals surface area contributed by atoms with Crippen molar-refractivity contribution < 1.29 is 0 Å². The molecule has 2 nitrogen and oxygen atoms in total. The number of alkyl halides is 1. The maximum atomic E-state index is 11.9. The van der Waals surface area contributed by atoms with E-state index in [0.29, 0.717) is 12.5 Å². The molecule has 0 bridgehead atoms. The van der Waals surface area contributed by atoms with Gasteiger partial charge in [0.05, 0.1) is 0 Å². The Kier molecular flexibility index (Phi) is 4.37. The van der Waals surface area contributed by atoms with E-state index in [2.05, 4.69) is 28.1 Å². The van der Waals surface area contributed by atoms with E-state index in [4.69, 9.17) is 0 Å². The Balaban J connectivity index is 2.29. The molecule has 1 unspecified atom stereocenters. The van der Waals surface area contributed by atoms with Crippen molar-refractivity contribution >= 4 is 15.9 Å². The summed E-state index contributed by atoms with van der Waals surface area (Å²) in [6, 6.07) is 15.7. The SMILES string of the molecule is Cc1cccc(=O)n1CC(CBr)c1ccccc1. The first-order valence-electron chi connectivity index (χ1n) is 5.99. The van der Waals surface area contributed by atoms with Gasteiger partial charge in [-0.1, -0.05) is 52.3 Å². The van der Waals surface area contributed by atoms with Gasteiger partial charge in [-0.25, -0.2) is 0 Å². The number of halogens is 1. The first-order valence-corrected chi connectivity index (χ1v) is 7.12. The lowest BCUT2D eigenvalue weighted by atomic mass is 10.0. The Bertz CT molecular complexity index is 562. The maximum absolute atomic E-state index is 11.9. The molecule has 0 spiro atoms. The van der Waals surface area contributed by atoms with Crippen LogP contribution < -0.4 is 5.56 Å². The summed E-state index contributed by atoms with van der Waals surface area (Å²) in [6.07, 6.45) is 0. The Morgan fingerprint density at radius 3 is 2.44 bits per heavy atom. The van der Waals surface area contributed by atoms with Crippen molar-refractivity contribution in [2.24, 2.45) is 0 Å². The van der Waals surface area contributed by atoms with Gasteiger partial charge < -0.3 is 4.57 Å². The fourth-order valence-electron chi connectivity index (χ4n) is 2.05. The van der Waals surface area contributed by atoms with E-state index in [9.17, 15) is 4.79 Å². The summed E-state index contributed by atoms with van der Waals surface area (Å²) >= 11 is 3.54. The number of hydrogen-bond acceptors (Lipinski definition) is 1. The minimum absolute atomic E-state index is 0.0666. The molecule has 18 heavy (non-hydrogen) atoms. The predicted molar refractivity (Wildman–Crippen MR) is 78.4 cm³/mol. The molecule has 3 heteroatoms. The predicted octanol–water partition coefficient (Wildman–Crippen LogP) is 3.34. The molecule has 1 heterocycles. The quantitative estimate of drug-likeness (QED) is 0.794. The number of benzene rings is 1. The van der Waals surface area contributed by atoms with E-state index in [1.807, 2.05) is 35.8 Å². The third-order valence-electron chi connectivity index (χ3n) is 3.13. The zero-order chi connectivity index (χ0) is 13.0. The van der Waals surface area contributed by atoms with Gasteiger partial charge in [0.1, 0.15) is 0 Å². The van der Waals surface area contributed by atoms with E-state index in [1.165, 1.54) is 5.56 Å². The molecule has 0 N–H and O–H groups in total. The molecule has 94 valence electrons. The van der Waals surface area contributed by atoms with Crippen molar-refractivity contribution in [3.63, 3.8) is 0 Å². The van der Waals surface area contributed by atoms with Gasteiger partial charge in [-0.05, 0) is 18.6 Å². The van der Waals surface area contributed by atoms with Crippen molar-refractivity contribution in [2.45, 2.75) is 19.4 Å². The fraction of sp³-hybridized carbons (Fsp3) is 0.267. The third kappa shape index (κ3) is 2.91. The number of rotatable bonds is 4. The average molecular weight is 306 g/mol. The van der Waals surface area contributed by atoms with Crippen LogP contribution in [0.25, 0.3) is 0 Å². The van der Waals surface area contributed by atoms with Gasteiger partial charge in [-0.3, -0.25) is 4.79 Å². The fourth-order valence-corrected chi connectivity index (χ4v) is 2.62. The van der Waals surface area contributed by atoms with E-state index in [1.54, 1.807) is 12.1 Å². The molecular formula is C15H16BrNO. The summed E-state index contributed by atoms with van der Waals surface area (Å²) in [4.78, 5) is 11.9. The van der Waals surface area contributed by atoms with Crippen LogP contribution in [0.5, 0.6) is 0 Å². The van der Waals surface area contributed by atoms with Crippen LogP contribution in [0.2, 0.25) is 0 Å². The average Bonchev–Trinajstić information content (AvgIpc) is 2.40. The molecule has 2 aromatic rings. The van der Waals surface area contributed by atoms with Crippen molar-refractivity contribution in [2.75, 3.05) is 5.33 Å². The van der Waals surface area contributed by atoms with E-state index in [0.717, 1.165) is 11.0 Å². The smallest absolute Gasteiger partial charge is 0.250 e. The molecule has 0 aliphatic heterocycles. The molecule has 1 atom stereocenters. The molecule has 0 aliphatic rings. The molecule has 0 saturated heterocycles. The highest BCUT2D eigenvalue weighted by atomic mass is 79.9. The van der Waals surface area contributed by atoms with Crippen LogP contribution in [-0.2, 0) is 6.54 Å². The second kappa shape index (κ2) is 6.01. The minimum atomic E-state index is 0.0666. The molecule has 0 fully saturated rings. The van der Waals surface area contributed by atoms with Crippen molar-refractivity contribution in [1.29, 1.82) is 0 Å². The highest BCUT2D eigenvalue weighted by Gasteiger charge is 2.12. The zero-order valence-electron chi connectivity index (χ0n) is 10.3. The number of hydrogen-bond donors (Lipinski definition) is 0. The molecule has 1 aromatic heterocycles. The standard InChI is InChI=1S/C15H16BrNO/c1-12-6-5-9-15(18)17(12)11-14(10-16)13-7-3-2-4-8-13/h2-9,14H,10-11H2,1H3. The van der Waals surface area contributed by atoms with Gasteiger partial charge in [-0.2, -0.15) is 0 Å². The Morgan fingerprint density at radius 2 is 1.83 bits per heavy atom. The molecular weight excluding hydrogens is 290 g/mol. The minimum Gasteiger partial charge on any atom is -0.312 e. The van der Waals surface area contributed by atoms with Crippen molar-refractivity contribution in [3.8, 4) is 0 Å². The first-order chi connectivity index (χ1) is 8.72. The Labute approximate surface area is 115 Å². The maximum Gasteiger partial charge on any atom is 0.250 e. The number of nitrogens with zero attached hydrogens (tertiary/aromatic N) is 1. The molecule has 0 aliphatic carbocycles. The second-order valence-corrected chi connectivity index (χ2v) is 5.03. The topological polar surface area (TPSA) is 22.0 Å². The lowest BCUT2D eigenvalue weighted by Gasteiger charge is -2.18. The van der Waals surface area contributed by atoms with Crippen LogP contribution in [0.4, 0.5) is 0 Å². The van der Waals surface area contributed by atoms with E-state index in [-0.39, 0.29) is 5.56 Å². The number of aryl methyl sites for hydroxylation is 1. The lowest BCUT2D eigenvalue weighted by Crippen LogP contribution is -2.24. The first kappa shape index (κ1) is 13.1. The van der Waals surface area contributed by atoms with E-state index < -0.39 is 0 Å². The molecule has 0 saturated carbocycles. The Hall–Kier alpha value is -1.35. The highest BCUT2D eigenvalue weighted by Crippen LogP contribution is 2.20. The van der Waals surface area contributed by atoms with Gasteiger partial charge in [0.15, 0.2) is 0 Å². The normalized spacial score (nSPS) is 12.3. The highest BCUT2D eigenvalue weighted by molar-refractivity contribution is 9.09. The molecule has 2 rings (SSSR count). The van der Waals surface area contributed by atoms with Crippen molar-refractivity contribution in [3.05, 3.63) is 70.1 Å². The Morgan fingerprint density at radius 1 is 1.11 bits per heavy atom. The summed E-state index contributed by atoms with van der Waals surface area (Å²) in [5.41, 5.74) is 2.32. The van der Waals surface area contributed by atoms with Crippen LogP contribution in [-0.4, -0.2) is 9.90 Å². The van der Waals surface area contributed by atoms with Gasteiger partial charge in [-0.15, -0.1) is 0 Å². The van der Waals surface area contributed by atoms with Gasteiger partial charge >= 0.3 is 0 Å². The number of pyridine rings is 1. The van der Waals surface area contributed by atoms with Crippen LogP contribution in [0.15, 0.2) is 53.3 Å². The molecule has 1 aromatic carbocycles. The van der Waals surface area contributed by atoms with E-state index >= 15 is 0 Å². The van der Waals surface area contributed by atoms with Crippen LogP contribution >= 0.6 is 15.9 Å². The van der Waals surface area contributed by atoms with Crippen molar-refractivity contribution in [1.82, 2.24) is 4.57 Å².